The highest BCUT2D eigenvalue weighted by atomic mass is 35.5. The van der Waals surface area contributed by atoms with Gasteiger partial charge < -0.3 is 10.2 Å². The van der Waals surface area contributed by atoms with Crippen LogP contribution in [0.2, 0.25) is 5.02 Å². The molecule has 4 heteroatoms. The van der Waals surface area contributed by atoms with Crippen molar-refractivity contribution < 1.29 is 4.79 Å². The van der Waals surface area contributed by atoms with Crippen LogP contribution in [0.4, 0.5) is 5.69 Å². The zero-order chi connectivity index (χ0) is 13.8. The lowest BCUT2D eigenvalue weighted by Gasteiger charge is -2.29. The Kier molecular flexibility index (Phi) is 4.83. The van der Waals surface area contributed by atoms with E-state index in [4.69, 9.17) is 11.6 Å². The van der Waals surface area contributed by atoms with Gasteiger partial charge in [-0.3, -0.25) is 4.79 Å². The van der Waals surface area contributed by atoms with Crippen molar-refractivity contribution in [2.45, 2.75) is 26.2 Å². The van der Waals surface area contributed by atoms with Crippen molar-refractivity contribution in [3.8, 4) is 0 Å². The van der Waals surface area contributed by atoms with Crippen molar-refractivity contribution in [1.82, 2.24) is 4.90 Å². The van der Waals surface area contributed by atoms with Crippen LogP contribution in [-0.2, 0) is 4.79 Å². The average Bonchev–Trinajstić information content (AvgIpc) is 2.35. The van der Waals surface area contributed by atoms with Crippen molar-refractivity contribution in [1.29, 1.82) is 0 Å². The third-order valence-electron chi connectivity index (χ3n) is 3.74. The lowest BCUT2D eigenvalue weighted by atomic mass is 9.95. The fourth-order valence-corrected chi connectivity index (χ4v) is 2.82. The van der Waals surface area contributed by atoms with Gasteiger partial charge in [-0.05, 0) is 57.0 Å². The van der Waals surface area contributed by atoms with Crippen LogP contribution in [-0.4, -0.2) is 30.9 Å². The molecule has 19 heavy (non-hydrogen) atoms. The standard InChI is InChI=1S/C15H21ClN2O/c1-11-13(16)6-3-7-14(11)17-15(19)9-12-5-4-8-18(2)10-12/h3,6-7,12H,4-5,8-10H2,1-2H3,(H,17,19). The Bertz CT molecular complexity index is 461. The molecular weight excluding hydrogens is 260 g/mol. The summed E-state index contributed by atoms with van der Waals surface area (Å²) >= 11 is 6.05. The maximum absolute atomic E-state index is 12.1. The molecule has 1 unspecified atom stereocenters. The van der Waals surface area contributed by atoms with Gasteiger partial charge in [-0.2, -0.15) is 0 Å². The van der Waals surface area contributed by atoms with E-state index in [0.29, 0.717) is 17.4 Å². The molecule has 1 aromatic carbocycles. The van der Waals surface area contributed by atoms with Gasteiger partial charge in [-0.25, -0.2) is 0 Å². The molecule has 104 valence electrons. The topological polar surface area (TPSA) is 32.3 Å². The Morgan fingerprint density at radius 3 is 3.05 bits per heavy atom. The van der Waals surface area contributed by atoms with Crippen LogP contribution < -0.4 is 5.32 Å². The minimum Gasteiger partial charge on any atom is -0.326 e. The van der Waals surface area contributed by atoms with Crippen LogP contribution in [0.5, 0.6) is 0 Å². The number of nitrogens with zero attached hydrogens (tertiary/aromatic N) is 1. The van der Waals surface area contributed by atoms with Crippen molar-refractivity contribution in [3.63, 3.8) is 0 Å². The van der Waals surface area contributed by atoms with Gasteiger partial charge in [0.05, 0.1) is 0 Å². The van der Waals surface area contributed by atoms with E-state index in [2.05, 4.69) is 17.3 Å². The van der Waals surface area contributed by atoms with Crippen LogP contribution in [0.1, 0.15) is 24.8 Å². The molecule has 0 aliphatic carbocycles. The Hall–Kier alpha value is -1.06. The first kappa shape index (κ1) is 14.4. The maximum atomic E-state index is 12.1. The second-order valence-electron chi connectivity index (χ2n) is 5.44. The van der Waals surface area contributed by atoms with Crippen LogP contribution in [0.15, 0.2) is 18.2 Å². The smallest absolute Gasteiger partial charge is 0.224 e. The molecule has 2 rings (SSSR count). The summed E-state index contributed by atoms with van der Waals surface area (Å²) in [5, 5.41) is 3.66. The van der Waals surface area contributed by atoms with Crippen molar-refractivity contribution >= 4 is 23.2 Å². The van der Waals surface area contributed by atoms with E-state index in [1.54, 1.807) is 0 Å². The first-order chi connectivity index (χ1) is 9.06. The number of anilines is 1. The largest absolute Gasteiger partial charge is 0.326 e. The SMILES string of the molecule is Cc1c(Cl)cccc1NC(=O)CC1CCCN(C)C1. The minimum atomic E-state index is 0.0886. The van der Waals surface area contributed by atoms with Gasteiger partial charge >= 0.3 is 0 Å². The number of benzene rings is 1. The van der Waals surface area contributed by atoms with Crippen LogP contribution in [0, 0.1) is 12.8 Å². The zero-order valence-electron chi connectivity index (χ0n) is 11.6. The Labute approximate surface area is 119 Å². The van der Waals surface area contributed by atoms with Gasteiger partial charge in [0, 0.05) is 23.7 Å². The van der Waals surface area contributed by atoms with E-state index in [1.165, 1.54) is 6.42 Å². The van der Waals surface area contributed by atoms with E-state index in [1.807, 2.05) is 25.1 Å². The highest BCUT2D eigenvalue weighted by Gasteiger charge is 2.20. The van der Waals surface area contributed by atoms with Gasteiger partial charge in [0.25, 0.3) is 0 Å². The molecule has 0 aromatic heterocycles. The summed E-state index contributed by atoms with van der Waals surface area (Å²) in [5.74, 6) is 0.559. The number of likely N-dealkylation sites (tertiary alicyclic amines) is 1. The molecule has 1 saturated heterocycles. The molecule has 1 fully saturated rings. The summed E-state index contributed by atoms with van der Waals surface area (Å²) in [6.45, 7) is 4.08. The lowest BCUT2D eigenvalue weighted by molar-refractivity contribution is -0.117. The summed E-state index contributed by atoms with van der Waals surface area (Å²) in [7, 11) is 2.12. The molecule has 1 aliphatic heterocycles. The Morgan fingerprint density at radius 1 is 1.53 bits per heavy atom. The number of nitrogens with one attached hydrogen (secondary N) is 1. The first-order valence-electron chi connectivity index (χ1n) is 6.80. The second kappa shape index (κ2) is 6.40. The number of rotatable bonds is 3. The molecule has 1 heterocycles. The van der Waals surface area contributed by atoms with Gasteiger partial charge in [-0.1, -0.05) is 17.7 Å². The molecule has 1 amide bonds. The molecule has 0 spiro atoms. The van der Waals surface area contributed by atoms with E-state index in [-0.39, 0.29) is 5.91 Å². The predicted octanol–water partition coefficient (Wildman–Crippen LogP) is 3.32. The quantitative estimate of drug-likeness (QED) is 0.921. The Balaban J connectivity index is 1.92. The molecule has 3 nitrogen and oxygen atoms in total. The fourth-order valence-electron chi connectivity index (χ4n) is 2.65. The number of carbonyl (C=O) groups is 1. The number of amides is 1. The maximum Gasteiger partial charge on any atom is 0.224 e. The molecule has 1 atom stereocenters. The van der Waals surface area contributed by atoms with Crippen molar-refractivity contribution in [2.24, 2.45) is 5.92 Å². The number of carbonyl (C=O) groups excluding carboxylic acids is 1. The number of piperidine rings is 1. The van der Waals surface area contributed by atoms with Crippen LogP contribution >= 0.6 is 11.6 Å². The second-order valence-corrected chi connectivity index (χ2v) is 5.84. The van der Waals surface area contributed by atoms with E-state index < -0.39 is 0 Å². The minimum absolute atomic E-state index is 0.0886. The highest BCUT2D eigenvalue weighted by molar-refractivity contribution is 6.31. The van der Waals surface area contributed by atoms with Crippen molar-refractivity contribution in [2.75, 3.05) is 25.5 Å². The predicted molar refractivity (Wildman–Crippen MR) is 79.7 cm³/mol. The highest BCUT2D eigenvalue weighted by Crippen LogP contribution is 2.24. The third-order valence-corrected chi connectivity index (χ3v) is 4.15. The summed E-state index contributed by atoms with van der Waals surface area (Å²) < 4.78 is 0. The van der Waals surface area contributed by atoms with E-state index in [0.717, 1.165) is 30.8 Å². The van der Waals surface area contributed by atoms with Gasteiger partial charge in [-0.15, -0.1) is 0 Å². The van der Waals surface area contributed by atoms with E-state index in [9.17, 15) is 4.79 Å². The third kappa shape index (κ3) is 3.95. The molecule has 1 aromatic rings. The summed E-state index contributed by atoms with van der Waals surface area (Å²) in [6, 6.07) is 5.59. The fraction of sp³-hybridized carbons (Fsp3) is 0.533. The Morgan fingerprint density at radius 2 is 2.32 bits per heavy atom. The molecule has 0 bridgehead atoms. The van der Waals surface area contributed by atoms with Gasteiger partial charge in [0.1, 0.15) is 0 Å². The van der Waals surface area contributed by atoms with E-state index >= 15 is 0 Å². The molecule has 0 radical (unpaired) electrons. The number of halogens is 1. The summed E-state index contributed by atoms with van der Waals surface area (Å²) in [6.07, 6.45) is 2.92. The molecule has 0 saturated carbocycles. The monoisotopic (exact) mass is 280 g/mol. The summed E-state index contributed by atoms with van der Waals surface area (Å²) in [5.41, 5.74) is 1.75. The molecule has 1 N–H and O–H groups in total. The molecular formula is C15H21ClN2O. The van der Waals surface area contributed by atoms with Gasteiger partial charge in [0.15, 0.2) is 0 Å². The normalized spacial score (nSPS) is 20.3. The van der Waals surface area contributed by atoms with Gasteiger partial charge in [0.2, 0.25) is 5.91 Å². The average molecular weight is 281 g/mol. The van der Waals surface area contributed by atoms with Crippen LogP contribution in [0.25, 0.3) is 0 Å². The van der Waals surface area contributed by atoms with Crippen molar-refractivity contribution in [3.05, 3.63) is 28.8 Å². The number of hydrogen-bond acceptors (Lipinski definition) is 2. The lowest BCUT2D eigenvalue weighted by Crippen LogP contribution is -2.34. The molecule has 1 aliphatic rings. The zero-order valence-corrected chi connectivity index (χ0v) is 12.3. The summed E-state index contributed by atoms with van der Waals surface area (Å²) in [4.78, 5) is 14.4. The number of hydrogen-bond donors (Lipinski definition) is 1. The van der Waals surface area contributed by atoms with Crippen LogP contribution in [0.3, 0.4) is 0 Å². The first-order valence-corrected chi connectivity index (χ1v) is 7.17.